The highest BCUT2D eigenvalue weighted by Crippen LogP contribution is 2.32. The Morgan fingerprint density at radius 3 is 1.93 bits per heavy atom. The van der Waals surface area contributed by atoms with Crippen LogP contribution in [-0.4, -0.2) is 22.2 Å². The minimum absolute atomic E-state index is 0.0369. The van der Waals surface area contributed by atoms with E-state index in [9.17, 15) is 9.59 Å². The second kappa shape index (κ2) is 4.98. The summed E-state index contributed by atoms with van der Waals surface area (Å²) in [6, 6.07) is 0. The van der Waals surface area contributed by atoms with Gasteiger partial charge in [-0.15, -0.1) is 0 Å². The Balaban J connectivity index is 4.26. The molecule has 4 heteroatoms. The topological polar surface area (TPSA) is 74.6 Å². The average molecular weight is 202 g/mol. The fraction of sp³-hybridized carbons (Fsp3) is 0.800. The molecule has 0 unspecified atom stereocenters. The summed E-state index contributed by atoms with van der Waals surface area (Å²) in [6.45, 7) is 5.80. The van der Waals surface area contributed by atoms with Gasteiger partial charge in [-0.3, -0.25) is 9.59 Å². The Bertz CT molecular complexity index is 215. The van der Waals surface area contributed by atoms with E-state index in [1.54, 1.807) is 0 Å². The fourth-order valence-electron chi connectivity index (χ4n) is 1.35. The number of hydrogen-bond acceptors (Lipinski definition) is 2. The third kappa shape index (κ3) is 5.56. The standard InChI is InChI=1S/C10H18O4/c1-10(2,3)7(6-9(13)14)4-5-8(11)12/h7H,4-6H2,1-3H3,(H,11,12)(H,13,14)/t7-/m0/s1. The first-order chi connectivity index (χ1) is 6.23. The monoisotopic (exact) mass is 202 g/mol. The van der Waals surface area contributed by atoms with Gasteiger partial charge in [0.25, 0.3) is 0 Å². The molecule has 82 valence electrons. The molecule has 0 amide bonds. The van der Waals surface area contributed by atoms with E-state index in [1.165, 1.54) is 0 Å². The second-order valence-electron chi connectivity index (χ2n) is 4.59. The molecule has 0 bridgehead atoms. The van der Waals surface area contributed by atoms with Crippen molar-refractivity contribution in [3.05, 3.63) is 0 Å². The lowest BCUT2D eigenvalue weighted by Gasteiger charge is -2.29. The van der Waals surface area contributed by atoms with Crippen LogP contribution in [0.25, 0.3) is 0 Å². The largest absolute Gasteiger partial charge is 0.481 e. The third-order valence-corrected chi connectivity index (χ3v) is 2.35. The van der Waals surface area contributed by atoms with Crippen molar-refractivity contribution in [2.45, 2.75) is 40.0 Å². The molecule has 0 aromatic rings. The van der Waals surface area contributed by atoms with Crippen molar-refractivity contribution in [2.24, 2.45) is 11.3 Å². The lowest BCUT2D eigenvalue weighted by molar-refractivity contribution is -0.141. The Morgan fingerprint density at radius 2 is 1.64 bits per heavy atom. The van der Waals surface area contributed by atoms with Crippen LogP contribution in [0.4, 0.5) is 0 Å². The van der Waals surface area contributed by atoms with Crippen molar-refractivity contribution < 1.29 is 19.8 Å². The molecule has 0 radical (unpaired) electrons. The molecule has 0 spiro atoms. The minimum Gasteiger partial charge on any atom is -0.481 e. The number of aliphatic carboxylic acids is 2. The van der Waals surface area contributed by atoms with Gasteiger partial charge in [0.15, 0.2) is 0 Å². The van der Waals surface area contributed by atoms with Crippen molar-refractivity contribution in [3.8, 4) is 0 Å². The molecule has 0 fully saturated rings. The molecule has 0 aromatic heterocycles. The van der Waals surface area contributed by atoms with Crippen molar-refractivity contribution in [1.82, 2.24) is 0 Å². The van der Waals surface area contributed by atoms with Gasteiger partial charge in [-0.1, -0.05) is 20.8 Å². The smallest absolute Gasteiger partial charge is 0.303 e. The normalized spacial score (nSPS) is 13.6. The SMILES string of the molecule is CC(C)(C)[C@@H](CCC(=O)O)CC(=O)O. The molecule has 14 heavy (non-hydrogen) atoms. The van der Waals surface area contributed by atoms with Crippen LogP contribution in [0, 0.1) is 11.3 Å². The fourth-order valence-corrected chi connectivity index (χ4v) is 1.35. The van der Waals surface area contributed by atoms with E-state index in [2.05, 4.69) is 0 Å². The molecule has 4 nitrogen and oxygen atoms in total. The highest BCUT2D eigenvalue weighted by Gasteiger charge is 2.27. The molecule has 0 saturated heterocycles. The highest BCUT2D eigenvalue weighted by molar-refractivity contribution is 5.68. The van der Waals surface area contributed by atoms with Crippen LogP contribution < -0.4 is 0 Å². The van der Waals surface area contributed by atoms with Gasteiger partial charge in [0, 0.05) is 12.8 Å². The van der Waals surface area contributed by atoms with E-state index in [0.29, 0.717) is 6.42 Å². The third-order valence-electron chi connectivity index (χ3n) is 2.35. The molecule has 0 saturated carbocycles. The molecule has 2 N–H and O–H groups in total. The summed E-state index contributed by atoms with van der Waals surface area (Å²) in [5.74, 6) is -1.82. The van der Waals surface area contributed by atoms with Gasteiger partial charge in [-0.2, -0.15) is 0 Å². The number of carboxylic acid groups (broad SMARTS) is 2. The second-order valence-corrected chi connectivity index (χ2v) is 4.59. The van der Waals surface area contributed by atoms with Gasteiger partial charge >= 0.3 is 11.9 Å². The quantitative estimate of drug-likeness (QED) is 0.714. The number of carbonyl (C=O) groups is 2. The summed E-state index contributed by atoms with van der Waals surface area (Å²) in [4.78, 5) is 20.9. The molecular weight excluding hydrogens is 184 g/mol. The predicted octanol–water partition coefficient (Wildman–Crippen LogP) is 1.99. The van der Waals surface area contributed by atoms with Gasteiger partial charge in [0.1, 0.15) is 0 Å². The Kier molecular flexibility index (Phi) is 4.60. The summed E-state index contributed by atoms with van der Waals surface area (Å²) < 4.78 is 0. The van der Waals surface area contributed by atoms with Crippen LogP contribution in [0.1, 0.15) is 40.0 Å². The summed E-state index contributed by atoms with van der Waals surface area (Å²) in [5, 5.41) is 17.2. The van der Waals surface area contributed by atoms with Crippen molar-refractivity contribution in [1.29, 1.82) is 0 Å². The number of carboxylic acids is 2. The van der Waals surface area contributed by atoms with Crippen LogP contribution in [0.5, 0.6) is 0 Å². The molecule has 0 heterocycles. The Labute approximate surface area is 83.9 Å². The zero-order chi connectivity index (χ0) is 11.4. The first-order valence-corrected chi connectivity index (χ1v) is 4.67. The van der Waals surface area contributed by atoms with Gasteiger partial charge in [-0.05, 0) is 17.8 Å². The zero-order valence-electron chi connectivity index (χ0n) is 8.91. The van der Waals surface area contributed by atoms with E-state index in [4.69, 9.17) is 10.2 Å². The minimum atomic E-state index is -0.871. The van der Waals surface area contributed by atoms with Gasteiger partial charge < -0.3 is 10.2 Å². The highest BCUT2D eigenvalue weighted by atomic mass is 16.4. The molecule has 0 aliphatic heterocycles. The number of hydrogen-bond donors (Lipinski definition) is 2. The summed E-state index contributed by atoms with van der Waals surface area (Å²) in [6.07, 6.45) is 0.497. The van der Waals surface area contributed by atoms with Crippen LogP contribution in [-0.2, 0) is 9.59 Å². The summed E-state index contributed by atoms with van der Waals surface area (Å²) in [5.41, 5.74) is -0.159. The Hall–Kier alpha value is -1.06. The lowest BCUT2D eigenvalue weighted by atomic mass is 9.76. The Morgan fingerprint density at radius 1 is 1.14 bits per heavy atom. The van der Waals surface area contributed by atoms with Crippen LogP contribution in [0.2, 0.25) is 0 Å². The molecular formula is C10H18O4. The first-order valence-electron chi connectivity index (χ1n) is 4.67. The molecule has 1 atom stereocenters. The lowest BCUT2D eigenvalue weighted by Crippen LogP contribution is -2.24. The number of rotatable bonds is 5. The van der Waals surface area contributed by atoms with Crippen molar-refractivity contribution in [3.63, 3.8) is 0 Å². The van der Waals surface area contributed by atoms with E-state index in [-0.39, 0.29) is 24.2 Å². The van der Waals surface area contributed by atoms with Gasteiger partial charge in [0.05, 0.1) is 0 Å². The maximum Gasteiger partial charge on any atom is 0.303 e. The van der Waals surface area contributed by atoms with Crippen molar-refractivity contribution >= 4 is 11.9 Å². The molecule has 0 rings (SSSR count). The van der Waals surface area contributed by atoms with Gasteiger partial charge in [-0.25, -0.2) is 0 Å². The van der Waals surface area contributed by atoms with Crippen LogP contribution >= 0.6 is 0 Å². The first kappa shape index (κ1) is 12.9. The van der Waals surface area contributed by atoms with E-state index < -0.39 is 11.9 Å². The van der Waals surface area contributed by atoms with Crippen LogP contribution in [0.3, 0.4) is 0 Å². The summed E-state index contributed by atoms with van der Waals surface area (Å²) >= 11 is 0. The van der Waals surface area contributed by atoms with E-state index in [0.717, 1.165) is 0 Å². The molecule has 0 aliphatic rings. The van der Waals surface area contributed by atoms with E-state index >= 15 is 0 Å². The van der Waals surface area contributed by atoms with Gasteiger partial charge in [0.2, 0.25) is 0 Å². The maximum absolute atomic E-state index is 10.6. The molecule has 0 aliphatic carbocycles. The maximum atomic E-state index is 10.6. The zero-order valence-corrected chi connectivity index (χ0v) is 8.91. The predicted molar refractivity (Wildman–Crippen MR) is 52.1 cm³/mol. The molecule has 0 aromatic carbocycles. The van der Waals surface area contributed by atoms with Crippen LogP contribution in [0.15, 0.2) is 0 Å². The summed E-state index contributed by atoms with van der Waals surface area (Å²) in [7, 11) is 0. The average Bonchev–Trinajstić information content (AvgIpc) is 1.94. The van der Waals surface area contributed by atoms with Crippen molar-refractivity contribution in [2.75, 3.05) is 0 Å². The van der Waals surface area contributed by atoms with E-state index in [1.807, 2.05) is 20.8 Å².